The number of rotatable bonds is 2. The van der Waals surface area contributed by atoms with Gasteiger partial charge in [0.15, 0.2) is 11.6 Å². The molecular weight excluding hydrogens is 260 g/mol. The van der Waals surface area contributed by atoms with Gasteiger partial charge in [-0.3, -0.25) is 4.90 Å². The van der Waals surface area contributed by atoms with Gasteiger partial charge in [0.05, 0.1) is 6.10 Å². The molecule has 2 atom stereocenters. The van der Waals surface area contributed by atoms with Crippen molar-refractivity contribution in [2.45, 2.75) is 44.8 Å². The van der Waals surface area contributed by atoms with Gasteiger partial charge in [0.2, 0.25) is 0 Å². The smallest absolute Gasteiger partial charge is 0.159 e. The minimum atomic E-state index is -0.796. The molecule has 1 saturated carbocycles. The van der Waals surface area contributed by atoms with Gasteiger partial charge in [-0.05, 0) is 49.9 Å². The van der Waals surface area contributed by atoms with E-state index in [2.05, 4.69) is 4.90 Å². The van der Waals surface area contributed by atoms with Crippen molar-refractivity contribution in [2.24, 2.45) is 5.41 Å². The maximum atomic E-state index is 13.3. The maximum Gasteiger partial charge on any atom is 0.159 e. The van der Waals surface area contributed by atoms with Crippen LogP contribution in [0.4, 0.5) is 8.78 Å². The summed E-state index contributed by atoms with van der Waals surface area (Å²) in [6.07, 6.45) is 5.04. The minimum Gasteiger partial charge on any atom is -0.393 e. The SMILES string of the molecule is O[C@@H]1CCC[C@]12CCCN(Cc1ccc(F)c(F)c1)C2. The van der Waals surface area contributed by atoms with Crippen LogP contribution in [-0.2, 0) is 6.54 Å². The van der Waals surface area contributed by atoms with Gasteiger partial charge >= 0.3 is 0 Å². The Morgan fingerprint density at radius 1 is 1.20 bits per heavy atom. The Labute approximate surface area is 118 Å². The Morgan fingerprint density at radius 2 is 2.00 bits per heavy atom. The molecule has 20 heavy (non-hydrogen) atoms. The first-order valence-electron chi connectivity index (χ1n) is 7.43. The van der Waals surface area contributed by atoms with Gasteiger partial charge in [0.1, 0.15) is 0 Å². The average molecular weight is 281 g/mol. The molecule has 2 aliphatic rings. The molecule has 0 amide bonds. The standard InChI is InChI=1S/C16H21F2NO/c17-13-5-4-12(9-14(13)18)10-19-8-2-7-16(11-19)6-1-3-15(16)20/h4-5,9,15,20H,1-3,6-8,10-11H2/t15-,16-/m1/s1. The fourth-order valence-electron chi connectivity index (χ4n) is 3.89. The van der Waals surface area contributed by atoms with Gasteiger partial charge in [-0.15, -0.1) is 0 Å². The highest BCUT2D eigenvalue weighted by Gasteiger charge is 2.44. The second-order valence-corrected chi connectivity index (χ2v) is 6.33. The topological polar surface area (TPSA) is 23.5 Å². The van der Waals surface area contributed by atoms with E-state index >= 15 is 0 Å². The summed E-state index contributed by atoms with van der Waals surface area (Å²) in [5.74, 6) is -1.58. The van der Waals surface area contributed by atoms with Crippen molar-refractivity contribution in [2.75, 3.05) is 13.1 Å². The number of hydrogen-bond acceptors (Lipinski definition) is 2. The van der Waals surface area contributed by atoms with Gasteiger partial charge in [-0.25, -0.2) is 8.78 Å². The molecule has 4 heteroatoms. The van der Waals surface area contributed by atoms with Gasteiger partial charge in [-0.1, -0.05) is 12.5 Å². The molecule has 0 unspecified atom stereocenters. The van der Waals surface area contributed by atoms with E-state index in [4.69, 9.17) is 0 Å². The molecule has 1 aliphatic heterocycles. The Hall–Kier alpha value is -1.00. The van der Waals surface area contributed by atoms with Crippen LogP contribution >= 0.6 is 0 Å². The van der Waals surface area contributed by atoms with E-state index in [0.29, 0.717) is 6.54 Å². The normalized spacial score (nSPS) is 31.1. The zero-order valence-corrected chi connectivity index (χ0v) is 11.6. The summed E-state index contributed by atoms with van der Waals surface area (Å²) in [5, 5.41) is 10.2. The zero-order valence-electron chi connectivity index (χ0n) is 11.6. The quantitative estimate of drug-likeness (QED) is 0.900. The van der Waals surface area contributed by atoms with E-state index in [1.54, 1.807) is 6.07 Å². The molecule has 1 aliphatic carbocycles. The molecule has 1 N–H and O–H groups in total. The largest absolute Gasteiger partial charge is 0.393 e. The van der Waals surface area contributed by atoms with Crippen LogP contribution in [0.3, 0.4) is 0 Å². The third kappa shape index (κ3) is 2.59. The molecule has 0 aromatic heterocycles. The highest BCUT2D eigenvalue weighted by molar-refractivity contribution is 5.18. The van der Waals surface area contributed by atoms with E-state index in [1.165, 1.54) is 12.1 Å². The lowest BCUT2D eigenvalue weighted by atomic mass is 9.76. The molecule has 1 saturated heterocycles. The van der Waals surface area contributed by atoms with Crippen molar-refractivity contribution in [1.82, 2.24) is 4.90 Å². The van der Waals surface area contributed by atoms with Crippen LogP contribution in [0.15, 0.2) is 18.2 Å². The summed E-state index contributed by atoms with van der Waals surface area (Å²) in [7, 11) is 0. The third-order valence-corrected chi connectivity index (χ3v) is 4.94. The number of piperidine rings is 1. The second-order valence-electron chi connectivity index (χ2n) is 6.33. The number of hydrogen-bond donors (Lipinski definition) is 1. The Balaban J connectivity index is 1.69. The molecule has 2 nitrogen and oxygen atoms in total. The fourth-order valence-corrected chi connectivity index (χ4v) is 3.89. The molecular formula is C16H21F2NO. The van der Waals surface area contributed by atoms with Gasteiger partial charge in [-0.2, -0.15) is 0 Å². The van der Waals surface area contributed by atoms with Crippen molar-refractivity contribution >= 4 is 0 Å². The number of aliphatic hydroxyl groups is 1. The van der Waals surface area contributed by atoms with Crippen LogP contribution in [0.5, 0.6) is 0 Å². The molecule has 1 spiro atoms. The van der Waals surface area contributed by atoms with Crippen molar-refractivity contribution in [3.8, 4) is 0 Å². The number of aliphatic hydroxyl groups excluding tert-OH is 1. The Kier molecular flexibility index (Phi) is 3.78. The lowest BCUT2D eigenvalue weighted by molar-refractivity contribution is -0.0120. The average Bonchev–Trinajstić information content (AvgIpc) is 2.75. The first kappa shape index (κ1) is 14.0. The van der Waals surface area contributed by atoms with Crippen LogP contribution in [-0.4, -0.2) is 29.2 Å². The van der Waals surface area contributed by atoms with Crippen LogP contribution in [0, 0.1) is 17.0 Å². The van der Waals surface area contributed by atoms with Gasteiger partial charge < -0.3 is 5.11 Å². The lowest BCUT2D eigenvalue weighted by Gasteiger charge is -2.42. The fraction of sp³-hybridized carbons (Fsp3) is 0.625. The molecule has 110 valence electrons. The predicted octanol–water partition coefficient (Wildman–Crippen LogP) is 3.09. The second kappa shape index (κ2) is 5.41. The molecule has 1 aromatic rings. The Bertz CT molecular complexity index is 493. The van der Waals surface area contributed by atoms with Crippen LogP contribution in [0.25, 0.3) is 0 Å². The summed E-state index contributed by atoms with van der Waals surface area (Å²) in [4.78, 5) is 2.27. The number of likely N-dealkylation sites (tertiary alicyclic amines) is 1. The van der Waals surface area contributed by atoms with Crippen LogP contribution < -0.4 is 0 Å². The van der Waals surface area contributed by atoms with E-state index < -0.39 is 11.6 Å². The summed E-state index contributed by atoms with van der Waals surface area (Å²) in [6.45, 7) is 2.46. The first-order valence-corrected chi connectivity index (χ1v) is 7.43. The highest BCUT2D eigenvalue weighted by atomic mass is 19.2. The minimum absolute atomic E-state index is 0.0385. The number of nitrogens with zero attached hydrogens (tertiary/aromatic N) is 1. The first-order chi connectivity index (χ1) is 9.59. The van der Waals surface area contributed by atoms with Crippen molar-refractivity contribution in [3.63, 3.8) is 0 Å². The summed E-state index contributed by atoms with van der Waals surface area (Å²) in [5.41, 5.74) is 0.838. The van der Waals surface area contributed by atoms with Gasteiger partial charge in [0, 0.05) is 18.5 Å². The summed E-state index contributed by atoms with van der Waals surface area (Å²) < 4.78 is 26.2. The summed E-state index contributed by atoms with van der Waals surface area (Å²) in [6, 6.07) is 4.11. The van der Waals surface area contributed by atoms with Gasteiger partial charge in [0.25, 0.3) is 0 Å². The predicted molar refractivity (Wildman–Crippen MR) is 73.2 cm³/mol. The van der Waals surface area contributed by atoms with Crippen LogP contribution in [0.1, 0.15) is 37.7 Å². The van der Waals surface area contributed by atoms with Crippen LogP contribution in [0.2, 0.25) is 0 Å². The Morgan fingerprint density at radius 3 is 2.70 bits per heavy atom. The summed E-state index contributed by atoms with van der Waals surface area (Å²) >= 11 is 0. The lowest BCUT2D eigenvalue weighted by Crippen LogP contribution is -2.46. The highest BCUT2D eigenvalue weighted by Crippen LogP contribution is 2.45. The van der Waals surface area contributed by atoms with Crippen molar-refractivity contribution in [1.29, 1.82) is 0 Å². The van der Waals surface area contributed by atoms with E-state index in [0.717, 1.165) is 50.8 Å². The van der Waals surface area contributed by atoms with E-state index in [9.17, 15) is 13.9 Å². The van der Waals surface area contributed by atoms with Crippen molar-refractivity contribution < 1.29 is 13.9 Å². The van der Waals surface area contributed by atoms with Crippen molar-refractivity contribution in [3.05, 3.63) is 35.4 Å². The van der Waals surface area contributed by atoms with E-state index in [1.807, 2.05) is 0 Å². The molecule has 1 heterocycles. The third-order valence-electron chi connectivity index (χ3n) is 4.94. The van der Waals surface area contributed by atoms with E-state index in [-0.39, 0.29) is 11.5 Å². The monoisotopic (exact) mass is 281 g/mol. The number of benzene rings is 1. The molecule has 1 aromatic carbocycles. The zero-order chi connectivity index (χ0) is 14.2. The molecule has 3 rings (SSSR count). The number of halogens is 2. The molecule has 0 radical (unpaired) electrons. The maximum absolute atomic E-state index is 13.3. The molecule has 2 fully saturated rings. The molecule has 0 bridgehead atoms.